The van der Waals surface area contributed by atoms with Crippen molar-refractivity contribution in [1.82, 2.24) is 14.8 Å². The Morgan fingerprint density at radius 2 is 1.88 bits per heavy atom. The molecule has 2 amide bonds. The van der Waals surface area contributed by atoms with Crippen LogP contribution in [-0.4, -0.2) is 26.6 Å². The molecule has 0 radical (unpaired) electrons. The Hall–Kier alpha value is -3.78. The standard InChI is InChI=1S/C25H23N5O2S/c1-17-9-11-19(12-10-17)30-22(31)14-20(23(30)21-8-5-13-33-21)24(32)27-25-26-16-29(28-25)15-18-6-3-2-4-7-18/h2-13,16,20,23H,14-15H2,1H3,(H,27,28,32). The van der Waals surface area contributed by atoms with Gasteiger partial charge in [-0.2, -0.15) is 0 Å². The van der Waals surface area contributed by atoms with Crippen LogP contribution in [0.25, 0.3) is 0 Å². The number of carbonyl (C=O) groups excluding carboxylic acids is 2. The molecule has 0 saturated carbocycles. The van der Waals surface area contributed by atoms with Gasteiger partial charge in [0.05, 0.1) is 18.5 Å². The minimum absolute atomic E-state index is 0.0695. The first-order valence-electron chi connectivity index (χ1n) is 10.7. The average molecular weight is 458 g/mol. The van der Waals surface area contributed by atoms with Gasteiger partial charge in [-0.3, -0.25) is 14.9 Å². The Bertz CT molecular complexity index is 1250. The molecule has 5 rings (SSSR count). The fourth-order valence-corrected chi connectivity index (χ4v) is 5.05. The monoisotopic (exact) mass is 457 g/mol. The highest BCUT2D eigenvalue weighted by molar-refractivity contribution is 7.10. The smallest absolute Gasteiger partial charge is 0.248 e. The topological polar surface area (TPSA) is 80.1 Å². The van der Waals surface area contributed by atoms with Crippen LogP contribution in [0.4, 0.5) is 11.6 Å². The zero-order chi connectivity index (χ0) is 22.8. The average Bonchev–Trinajstić information content (AvgIpc) is 3.56. The van der Waals surface area contributed by atoms with E-state index in [1.54, 1.807) is 27.2 Å². The summed E-state index contributed by atoms with van der Waals surface area (Å²) in [6.45, 7) is 2.57. The summed E-state index contributed by atoms with van der Waals surface area (Å²) in [6.07, 6.45) is 1.73. The second-order valence-corrected chi connectivity index (χ2v) is 9.09. The fraction of sp³-hybridized carbons (Fsp3) is 0.200. The maximum Gasteiger partial charge on any atom is 0.248 e. The predicted molar refractivity (Wildman–Crippen MR) is 128 cm³/mol. The van der Waals surface area contributed by atoms with Gasteiger partial charge >= 0.3 is 0 Å². The highest BCUT2D eigenvalue weighted by Crippen LogP contribution is 2.43. The number of anilines is 2. The molecule has 1 aliphatic heterocycles. The third-order valence-electron chi connectivity index (χ3n) is 5.77. The number of aromatic nitrogens is 3. The summed E-state index contributed by atoms with van der Waals surface area (Å²) >= 11 is 1.55. The van der Waals surface area contributed by atoms with Crippen LogP contribution in [0.15, 0.2) is 78.4 Å². The van der Waals surface area contributed by atoms with Crippen LogP contribution in [0.3, 0.4) is 0 Å². The van der Waals surface area contributed by atoms with Crippen molar-refractivity contribution in [1.29, 1.82) is 0 Å². The number of hydrogen-bond acceptors (Lipinski definition) is 5. The number of nitrogens with zero attached hydrogens (tertiary/aromatic N) is 4. The molecule has 2 atom stereocenters. The summed E-state index contributed by atoms with van der Waals surface area (Å²) in [5.41, 5.74) is 3.00. The van der Waals surface area contributed by atoms with Crippen molar-refractivity contribution < 1.29 is 9.59 Å². The van der Waals surface area contributed by atoms with Crippen LogP contribution in [0.2, 0.25) is 0 Å². The van der Waals surface area contributed by atoms with E-state index in [0.29, 0.717) is 6.54 Å². The third-order valence-corrected chi connectivity index (χ3v) is 6.71. The molecule has 4 aromatic rings. The minimum Gasteiger partial charge on any atom is -0.303 e. The van der Waals surface area contributed by atoms with Crippen LogP contribution in [0.1, 0.15) is 28.5 Å². The molecule has 166 valence electrons. The number of nitrogens with one attached hydrogen (secondary N) is 1. The van der Waals surface area contributed by atoms with E-state index >= 15 is 0 Å². The summed E-state index contributed by atoms with van der Waals surface area (Å²) in [4.78, 5) is 33.3. The fourth-order valence-electron chi connectivity index (χ4n) is 4.17. The molecule has 2 unspecified atom stereocenters. The normalized spacial score (nSPS) is 18.0. The second kappa shape index (κ2) is 8.99. The van der Waals surface area contributed by atoms with E-state index in [4.69, 9.17) is 0 Å². The number of hydrogen-bond donors (Lipinski definition) is 1. The molecule has 0 spiro atoms. The zero-order valence-corrected chi connectivity index (χ0v) is 18.9. The van der Waals surface area contributed by atoms with Gasteiger partial charge < -0.3 is 4.90 Å². The van der Waals surface area contributed by atoms with Crippen molar-refractivity contribution in [2.45, 2.75) is 25.9 Å². The number of carbonyl (C=O) groups is 2. The molecule has 2 aromatic heterocycles. The summed E-state index contributed by atoms with van der Waals surface area (Å²) in [5, 5.41) is 9.18. The maximum absolute atomic E-state index is 13.3. The summed E-state index contributed by atoms with van der Waals surface area (Å²) < 4.78 is 1.68. The molecule has 2 aromatic carbocycles. The van der Waals surface area contributed by atoms with Gasteiger partial charge in [-0.1, -0.05) is 54.1 Å². The number of thiophene rings is 1. The number of rotatable bonds is 6. The van der Waals surface area contributed by atoms with Crippen LogP contribution in [0.5, 0.6) is 0 Å². The van der Waals surface area contributed by atoms with Crippen molar-refractivity contribution in [3.63, 3.8) is 0 Å². The molecular formula is C25H23N5O2S. The van der Waals surface area contributed by atoms with Crippen molar-refractivity contribution in [3.05, 3.63) is 94.4 Å². The predicted octanol–water partition coefficient (Wildman–Crippen LogP) is 4.43. The second-order valence-electron chi connectivity index (χ2n) is 8.11. The Balaban J connectivity index is 1.37. The van der Waals surface area contributed by atoms with Gasteiger partial charge in [0, 0.05) is 17.0 Å². The summed E-state index contributed by atoms with van der Waals surface area (Å²) in [5.74, 6) is -0.630. The zero-order valence-electron chi connectivity index (χ0n) is 18.1. The van der Waals surface area contributed by atoms with E-state index < -0.39 is 5.92 Å². The first-order valence-corrected chi connectivity index (χ1v) is 11.6. The first-order chi connectivity index (χ1) is 16.1. The van der Waals surface area contributed by atoms with E-state index in [-0.39, 0.29) is 30.2 Å². The molecule has 1 aliphatic rings. The molecule has 3 heterocycles. The third kappa shape index (κ3) is 4.42. The van der Waals surface area contributed by atoms with Crippen LogP contribution >= 0.6 is 11.3 Å². The Morgan fingerprint density at radius 3 is 2.61 bits per heavy atom. The van der Waals surface area contributed by atoms with Gasteiger partial charge in [0.2, 0.25) is 17.8 Å². The van der Waals surface area contributed by atoms with Gasteiger partial charge in [0.15, 0.2) is 0 Å². The van der Waals surface area contributed by atoms with Gasteiger partial charge in [0.25, 0.3) is 0 Å². The molecule has 1 N–H and O–H groups in total. The van der Waals surface area contributed by atoms with Crippen molar-refractivity contribution in [2.75, 3.05) is 10.2 Å². The molecule has 33 heavy (non-hydrogen) atoms. The lowest BCUT2D eigenvalue weighted by Crippen LogP contribution is -2.32. The van der Waals surface area contributed by atoms with Crippen LogP contribution in [0, 0.1) is 12.8 Å². The van der Waals surface area contributed by atoms with Gasteiger partial charge in [-0.15, -0.1) is 16.4 Å². The highest BCUT2D eigenvalue weighted by atomic mass is 32.1. The minimum atomic E-state index is -0.543. The molecular weight excluding hydrogens is 434 g/mol. The lowest BCUT2D eigenvalue weighted by atomic mass is 9.97. The molecule has 0 bridgehead atoms. The van der Waals surface area contributed by atoms with Gasteiger partial charge in [-0.25, -0.2) is 9.67 Å². The highest BCUT2D eigenvalue weighted by Gasteiger charge is 2.46. The number of amides is 2. The summed E-state index contributed by atoms with van der Waals surface area (Å²) in [7, 11) is 0. The molecule has 8 heteroatoms. The Morgan fingerprint density at radius 1 is 1.09 bits per heavy atom. The van der Waals surface area contributed by atoms with Crippen molar-refractivity contribution in [3.8, 4) is 0 Å². The van der Waals surface area contributed by atoms with E-state index in [2.05, 4.69) is 15.4 Å². The van der Waals surface area contributed by atoms with Crippen molar-refractivity contribution >= 4 is 34.8 Å². The Kier molecular flexibility index (Phi) is 5.75. The SMILES string of the molecule is Cc1ccc(N2C(=O)CC(C(=O)Nc3ncn(Cc4ccccc4)n3)C2c2cccs2)cc1. The quantitative estimate of drug-likeness (QED) is 0.465. The molecule has 1 fully saturated rings. The first kappa shape index (κ1) is 21.1. The molecule has 7 nitrogen and oxygen atoms in total. The van der Waals surface area contributed by atoms with E-state index in [1.165, 1.54) is 0 Å². The maximum atomic E-state index is 13.3. The lowest BCUT2D eigenvalue weighted by molar-refractivity contribution is -0.122. The van der Waals surface area contributed by atoms with Gasteiger partial charge in [-0.05, 0) is 36.1 Å². The van der Waals surface area contributed by atoms with E-state index in [1.807, 2.05) is 79.0 Å². The van der Waals surface area contributed by atoms with E-state index in [9.17, 15) is 9.59 Å². The summed E-state index contributed by atoms with van der Waals surface area (Å²) in [6, 6.07) is 21.3. The van der Waals surface area contributed by atoms with Crippen LogP contribution in [-0.2, 0) is 16.1 Å². The van der Waals surface area contributed by atoms with Crippen molar-refractivity contribution in [2.24, 2.45) is 5.92 Å². The number of aryl methyl sites for hydroxylation is 1. The molecule has 0 aliphatic carbocycles. The van der Waals surface area contributed by atoms with Gasteiger partial charge in [0.1, 0.15) is 6.33 Å². The number of benzene rings is 2. The largest absolute Gasteiger partial charge is 0.303 e. The Labute approximate surface area is 195 Å². The van der Waals surface area contributed by atoms with E-state index in [0.717, 1.165) is 21.7 Å². The lowest BCUT2D eigenvalue weighted by Gasteiger charge is -2.27. The molecule has 1 saturated heterocycles. The van der Waals surface area contributed by atoms with Crippen LogP contribution < -0.4 is 10.2 Å².